The molecule has 4 N–H and O–H groups in total. The number of aromatic nitrogens is 2. The van der Waals surface area contributed by atoms with E-state index in [1.54, 1.807) is 6.07 Å². The van der Waals surface area contributed by atoms with Crippen LogP contribution in [0.4, 0.5) is 14.7 Å². The summed E-state index contributed by atoms with van der Waals surface area (Å²) in [5.74, 6) is 0.204. The first-order chi connectivity index (χ1) is 10.5. The van der Waals surface area contributed by atoms with E-state index in [2.05, 4.69) is 9.97 Å². The van der Waals surface area contributed by atoms with Gasteiger partial charge in [0.25, 0.3) is 0 Å². The van der Waals surface area contributed by atoms with E-state index in [-0.39, 0.29) is 22.8 Å². The number of hydrogen-bond acceptors (Lipinski definition) is 7. The van der Waals surface area contributed by atoms with Gasteiger partial charge in [0.2, 0.25) is 0 Å². The van der Waals surface area contributed by atoms with Gasteiger partial charge in [0, 0.05) is 5.56 Å². The Balaban J connectivity index is 0.00000192. The van der Waals surface area contributed by atoms with Gasteiger partial charge in [-0.1, -0.05) is 22.7 Å². The number of methoxy groups -OCH3 is 1. The summed E-state index contributed by atoms with van der Waals surface area (Å²) in [6.07, 6.45) is 0. The Bertz CT molecular complexity index is 849. The van der Waals surface area contributed by atoms with Crippen LogP contribution in [0.5, 0.6) is 5.75 Å². The molecule has 1 aromatic carbocycles. The van der Waals surface area contributed by atoms with Gasteiger partial charge >= 0.3 is 0 Å². The fourth-order valence-electron chi connectivity index (χ4n) is 2.17. The largest absolute Gasteiger partial charge is 0.496 e. The van der Waals surface area contributed by atoms with Crippen molar-refractivity contribution in [1.29, 1.82) is 0 Å². The van der Waals surface area contributed by atoms with Gasteiger partial charge in [-0.3, -0.25) is 0 Å². The van der Waals surface area contributed by atoms with Gasteiger partial charge in [-0.15, -0.1) is 17.0 Å². The number of thiazole rings is 2. The summed E-state index contributed by atoms with van der Waals surface area (Å²) in [5, 5.41) is 0.846. The Morgan fingerprint density at radius 3 is 2.35 bits per heavy atom. The van der Waals surface area contributed by atoms with Crippen molar-refractivity contribution >= 4 is 49.9 Å². The molecule has 0 aliphatic heterocycles. The molecule has 3 rings (SSSR count). The van der Waals surface area contributed by atoms with Crippen LogP contribution in [0.3, 0.4) is 0 Å². The van der Waals surface area contributed by atoms with Crippen LogP contribution < -0.4 is 16.2 Å². The monoisotopic (exact) mass is 416 g/mol. The van der Waals surface area contributed by atoms with Gasteiger partial charge in [0.1, 0.15) is 17.3 Å². The molecule has 5 nitrogen and oxygen atoms in total. The van der Waals surface area contributed by atoms with E-state index in [4.69, 9.17) is 16.2 Å². The molecule has 0 aliphatic rings. The van der Waals surface area contributed by atoms with E-state index in [0.717, 1.165) is 15.4 Å². The maximum atomic E-state index is 13.7. The minimum absolute atomic E-state index is 0. The summed E-state index contributed by atoms with van der Waals surface area (Å²) in [7, 11) is 1.54. The normalized spacial score (nSPS) is 10.4. The van der Waals surface area contributed by atoms with Crippen LogP contribution in [0.15, 0.2) is 18.2 Å². The minimum atomic E-state index is -0.353. The molecule has 2 aromatic heterocycles. The first-order valence-corrected chi connectivity index (χ1v) is 7.96. The standard InChI is InChI=1S/C14H13FN4OS2.BrH/c1-6-11(21-13(16)18-6)10-12(22-14(17)19-10)8-5-7(15)3-4-9(8)20-2;/h3-5H,1-2H3,(H2,16,18)(H2,17,19);1H. The van der Waals surface area contributed by atoms with Crippen molar-refractivity contribution in [2.24, 2.45) is 0 Å². The predicted octanol–water partition coefficient (Wildman–Crippen LogP) is 4.13. The molecular formula is C14H14BrFN4OS2. The van der Waals surface area contributed by atoms with E-state index in [1.165, 1.54) is 41.9 Å². The van der Waals surface area contributed by atoms with Crippen LogP contribution in [0.2, 0.25) is 0 Å². The highest BCUT2D eigenvalue weighted by molar-refractivity contribution is 8.93. The molecule has 0 fully saturated rings. The Hall–Kier alpha value is -1.71. The van der Waals surface area contributed by atoms with E-state index in [9.17, 15) is 4.39 Å². The Morgan fingerprint density at radius 1 is 1.09 bits per heavy atom. The number of rotatable bonds is 3. The highest BCUT2D eigenvalue weighted by Crippen LogP contribution is 2.44. The zero-order valence-corrected chi connectivity index (χ0v) is 15.6. The summed E-state index contributed by atoms with van der Waals surface area (Å²) in [6.45, 7) is 1.85. The molecule has 9 heteroatoms. The third-order valence-corrected chi connectivity index (χ3v) is 4.99. The smallest absolute Gasteiger partial charge is 0.181 e. The zero-order chi connectivity index (χ0) is 15.9. The lowest BCUT2D eigenvalue weighted by Crippen LogP contribution is -1.90. The van der Waals surface area contributed by atoms with Gasteiger partial charge in [-0.05, 0) is 25.1 Å². The summed E-state index contributed by atoms with van der Waals surface area (Å²) >= 11 is 2.60. The van der Waals surface area contributed by atoms with Crippen LogP contribution in [-0.4, -0.2) is 17.1 Å². The minimum Gasteiger partial charge on any atom is -0.496 e. The number of anilines is 2. The quantitative estimate of drug-likeness (QED) is 0.669. The van der Waals surface area contributed by atoms with Gasteiger partial charge in [0.05, 0.1) is 22.6 Å². The van der Waals surface area contributed by atoms with Crippen molar-refractivity contribution in [2.75, 3.05) is 18.6 Å². The third kappa shape index (κ3) is 3.31. The highest BCUT2D eigenvalue weighted by Gasteiger charge is 2.21. The van der Waals surface area contributed by atoms with Crippen molar-refractivity contribution in [3.05, 3.63) is 29.7 Å². The van der Waals surface area contributed by atoms with Crippen LogP contribution >= 0.6 is 39.7 Å². The first-order valence-electron chi connectivity index (χ1n) is 6.33. The molecule has 0 atom stereocenters. The highest BCUT2D eigenvalue weighted by atomic mass is 79.9. The van der Waals surface area contributed by atoms with Crippen molar-refractivity contribution in [3.63, 3.8) is 0 Å². The Morgan fingerprint density at radius 2 is 1.74 bits per heavy atom. The molecule has 0 amide bonds. The van der Waals surface area contributed by atoms with Crippen LogP contribution in [0.1, 0.15) is 5.69 Å². The third-order valence-electron chi connectivity index (χ3n) is 3.08. The summed E-state index contributed by atoms with van der Waals surface area (Å²) in [5.41, 5.74) is 13.7. The summed E-state index contributed by atoms with van der Waals surface area (Å²) in [4.78, 5) is 10.1. The van der Waals surface area contributed by atoms with Crippen molar-refractivity contribution in [1.82, 2.24) is 9.97 Å². The lowest BCUT2D eigenvalue weighted by atomic mass is 10.1. The molecule has 0 unspecified atom stereocenters. The van der Waals surface area contributed by atoms with E-state index in [0.29, 0.717) is 27.3 Å². The number of aryl methyl sites for hydroxylation is 1. The summed E-state index contributed by atoms with van der Waals surface area (Å²) in [6, 6.07) is 4.34. The number of nitrogens with zero attached hydrogens (tertiary/aromatic N) is 2. The second-order valence-corrected chi connectivity index (χ2v) is 6.60. The SMILES string of the molecule is Br.COc1ccc(F)cc1-c1sc(N)nc1-c1sc(N)nc1C. The number of nitrogens with two attached hydrogens (primary N) is 2. The number of benzene rings is 1. The maximum Gasteiger partial charge on any atom is 0.181 e. The van der Waals surface area contributed by atoms with Crippen LogP contribution in [0, 0.1) is 12.7 Å². The molecule has 0 aliphatic carbocycles. The van der Waals surface area contributed by atoms with E-state index in [1.807, 2.05) is 6.92 Å². The average molecular weight is 417 g/mol. The molecule has 122 valence electrons. The molecule has 0 spiro atoms. The fraction of sp³-hybridized carbons (Fsp3) is 0.143. The van der Waals surface area contributed by atoms with Crippen molar-refractivity contribution in [2.45, 2.75) is 6.92 Å². The Kier molecular flexibility index (Phi) is 5.23. The zero-order valence-electron chi connectivity index (χ0n) is 12.3. The molecular weight excluding hydrogens is 403 g/mol. The number of nitrogen functional groups attached to an aromatic ring is 2. The van der Waals surface area contributed by atoms with Gasteiger partial charge < -0.3 is 16.2 Å². The van der Waals surface area contributed by atoms with Gasteiger partial charge in [0.15, 0.2) is 10.3 Å². The number of hydrogen-bond donors (Lipinski definition) is 2. The molecule has 0 saturated carbocycles. The van der Waals surface area contributed by atoms with E-state index >= 15 is 0 Å². The molecule has 23 heavy (non-hydrogen) atoms. The van der Waals surface area contributed by atoms with Crippen molar-refractivity contribution in [3.8, 4) is 26.8 Å². The van der Waals surface area contributed by atoms with Crippen LogP contribution in [0.25, 0.3) is 21.0 Å². The fourth-order valence-corrected chi connectivity index (χ4v) is 3.92. The number of ether oxygens (including phenoxy) is 1. The van der Waals surface area contributed by atoms with Crippen molar-refractivity contribution < 1.29 is 9.13 Å². The number of halogens is 2. The lowest BCUT2D eigenvalue weighted by molar-refractivity contribution is 0.415. The van der Waals surface area contributed by atoms with Crippen LogP contribution in [-0.2, 0) is 0 Å². The maximum absolute atomic E-state index is 13.7. The van der Waals surface area contributed by atoms with Gasteiger partial charge in [-0.2, -0.15) is 0 Å². The molecule has 0 saturated heterocycles. The molecule has 3 aromatic rings. The second kappa shape index (κ2) is 6.81. The lowest BCUT2D eigenvalue weighted by Gasteiger charge is -2.08. The first kappa shape index (κ1) is 17.6. The average Bonchev–Trinajstić information content (AvgIpc) is 3.01. The molecule has 2 heterocycles. The molecule has 0 bridgehead atoms. The molecule has 0 radical (unpaired) electrons. The van der Waals surface area contributed by atoms with E-state index < -0.39 is 0 Å². The predicted molar refractivity (Wildman–Crippen MR) is 99.1 cm³/mol. The Labute approximate surface area is 150 Å². The summed E-state index contributed by atoms with van der Waals surface area (Å²) < 4.78 is 19.0. The van der Waals surface area contributed by atoms with Gasteiger partial charge in [-0.25, -0.2) is 14.4 Å². The topological polar surface area (TPSA) is 87.0 Å². The second-order valence-electron chi connectivity index (χ2n) is 4.54.